The standard InChI is InChI=1S/C10H15NO3/c12-9(13)6-7-4-5-11(10(7)14)8-2-1-3-8/h7-8H,1-6H2,(H,12,13). The summed E-state index contributed by atoms with van der Waals surface area (Å²) in [6, 6.07) is 0.418. The minimum Gasteiger partial charge on any atom is -0.481 e. The molecule has 1 aliphatic carbocycles. The number of amides is 1. The van der Waals surface area contributed by atoms with Gasteiger partial charge in [-0.25, -0.2) is 0 Å². The van der Waals surface area contributed by atoms with E-state index in [4.69, 9.17) is 5.11 Å². The van der Waals surface area contributed by atoms with Crippen LogP contribution >= 0.6 is 0 Å². The van der Waals surface area contributed by atoms with Crippen LogP contribution in [0.15, 0.2) is 0 Å². The largest absolute Gasteiger partial charge is 0.481 e. The van der Waals surface area contributed by atoms with E-state index in [1.54, 1.807) is 0 Å². The van der Waals surface area contributed by atoms with Crippen LogP contribution in [-0.2, 0) is 9.59 Å². The predicted molar refractivity (Wildman–Crippen MR) is 49.7 cm³/mol. The number of rotatable bonds is 3. The van der Waals surface area contributed by atoms with Crippen molar-refractivity contribution in [2.75, 3.05) is 6.54 Å². The van der Waals surface area contributed by atoms with Gasteiger partial charge in [0.05, 0.1) is 12.3 Å². The number of carbonyl (C=O) groups is 2. The quantitative estimate of drug-likeness (QED) is 0.730. The SMILES string of the molecule is O=C(O)CC1CCN(C2CCC2)C1=O. The molecule has 1 saturated heterocycles. The fourth-order valence-corrected chi connectivity index (χ4v) is 2.22. The summed E-state index contributed by atoms with van der Waals surface area (Å²) in [7, 11) is 0. The van der Waals surface area contributed by atoms with Crippen LogP contribution in [0.5, 0.6) is 0 Å². The van der Waals surface area contributed by atoms with Crippen LogP contribution in [0.1, 0.15) is 32.1 Å². The minimum absolute atomic E-state index is 0.00204. The molecule has 0 radical (unpaired) electrons. The average Bonchev–Trinajstić information content (AvgIpc) is 2.32. The highest BCUT2D eigenvalue weighted by molar-refractivity contribution is 5.85. The van der Waals surface area contributed by atoms with Crippen molar-refractivity contribution in [3.05, 3.63) is 0 Å². The van der Waals surface area contributed by atoms with Crippen molar-refractivity contribution in [3.8, 4) is 0 Å². The van der Waals surface area contributed by atoms with Crippen molar-refractivity contribution >= 4 is 11.9 Å². The van der Waals surface area contributed by atoms with Crippen LogP contribution in [0.2, 0.25) is 0 Å². The summed E-state index contributed by atoms with van der Waals surface area (Å²) in [6.07, 6.45) is 4.14. The molecule has 78 valence electrons. The highest BCUT2D eigenvalue weighted by Gasteiger charge is 2.38. The molecule has 14 heavy (non-hydrogen) atoms. The molecule has 2 rings (SSSR count). The third-order valence-electron chi connectivity index (χ3n) is 3.29. The van der Waals surface area contributed by atoms with Gasteiger partial charge in [-0.1, -0.05) is 0 Å². The maximum atomic E-state index is 11.7. The Labute approximate surface area is 82.9 Å². The van der Waals surface area contributed by atoms with Crippen LogP contribution in [0.3, 0.4) is 0 Å². The molecule has 0 aromatic carbocycles. The van der Waals surface area contributed by atoms with Gasteiger partial charge in [-0.2, -0.15) is 0 Å². The van der Waals surface area contributed by atoms with Crippen molar-refractivity contribution in [3.63, 3.8) is 0 Å². The lowest BCUT2D eigenvalue weighted by atomic mass is 9.91. The highest BCUT2D eigenvalue weighted by Crippen LogP contribution is 2.31. The van der Waals surface area contributed by atoms with Crippen LogP contribution in [0.4, 0.5) is 0 Å². The van der Waals surface area contributed by atoms with Gasteiger partial charge in [0.25, 0.3) is 0 Å². The van der Waals surface area contributed by atoms with E-state index in [2.05, 4.69) is 0 Å². The van der Waals surface area contributed by atoms with Gasteiger partial charge >= 0.3 is 5.97 Å². The topological polar surface area (TPSA) is 57.6 Å². The molecule has 0 bridgehead atoms. The maximum Gasteiger partial charge on any atom is 0.304 e. The van der Waals surface area contributed by atoms with E-state index in [-0.39, 0.29) is 18.2 Å². The first-order valence-corrected chi connectivity index (χ1v) is 5.21. The van der Waals surface area contributed by atoms with Crippen molar-refractivity contribution in [1.29, 1.82) is 0 Å². The third kappa shape index (κ3) is 1.61. The number of likely N-dealkylation sites (tertiary alicyclic amines) is 1. The summed E-state index contributed by atoms with van der Waals surface area (Å²) in [5.74, 6) is -1.05. The summed E-state index contributed by atoms with van der Waals surface area (Å²) in [4.78, 5) is 24.1. The molecule has 1 atom stereocenters. The predicted octanol–water partition coefficient (Wildman–Crippen LogP) is 0.862. The molecule has 0 aromatic rings. The summed E-state index contributed by atoms with van der Waals surface area (Å²) in [5, 5.41) is 8.62. The van der Waals surface area contributed by atoms with Gasteiger partial charge in [-0.15, -0.1) is 0 Å². The monoisotopic (exact) mass is 197 g/mol. The number of hydrogen-bond acceptors (Lipinski definition) is 2. The molecule has 1 heterocycles. The van der Waals surface area contributed by atoms with Crippen molar-refractivity contribution in [2.24, 2.45) is 5.92 Å². The molecule has 4 heteroatoms. The Kier molecular flexibility index (Phi) is 2.44. The number of carboxylic acids is 1. The maximum absolute atomic E-state index is 11.7. The Morgan fingerprint density at radius 2 is 2.14 bits per heavy atom. The Hall–Kier alpha value is -1.06. The minimum atomic E-state index is -0.862. The number of hydrogen-bond donors (Lipinski definition) is 1. The van der Waals surface area contributed by atoms with Gasteiger partial charge in [0.2, 0.25) is 5.91 Å². The Morgan fingerprint density at radius 3 is 2.64 bits per heavy atom. The number of nitrogens with zero attached hydrogens (tertiary/aromatic N) is 1. The zero-order valence-corrected chi connectivity index (χ0v) is 8.11. The van der Waals surface area contributed by atoms with Gasteiger partial charge in [0, 0.05) is 12.6 Å². The first-order valence-electron chi connectivity index (χ1n) is 5.21. The van der Waals surface area contributed by atoms with Crippen LogP contribution in [-0.4, -0.2) is 34.5 Å². The van der Waals surface area contributed by atoms with Crippen molar-refractivity contribution in [2.45, 2.75) is 38.1 Å². The van der Waals surface area contributed by atoms with Crippen molar-refractivity contribution < 1.29 is 14.7 Å². The van der Waals surface area contributed by atoms with E-state index in [0.29, 0.717) is 6.04 Å². The fraction of sp³-hybridized carbons (Fsp3) is 0.800. The lowest BCUT2D eigenvalue weighted by molar-refractivity contribution is -0.143. The second-order valence-electron chi connectivity index (χ2n) is 4.20. The fourth-order valence-electron chi connectivity index (χ4n) is 2.22. The lowest BCUT2D eigenvalue weighted by Crippen LogP contribution is -2.41. The van der Waals surface area contributed by atoms with Crippen LogP contribution in [0.25, 0.3) is 0 Å². The normalized spacial score (nSPS) is 27.9. The second kappa shape index (κ2) is 3.59. The summed E-state index contributed by atoms with van der Waals surface area (Å²) < 4.78 is 0. The number of aliphatic carboxylic acids is 1. The van der Waals surface area contributed by atoms with Crippen LogP contribution < -0.4 is 0 Å². The molecule has 4 nitrogen and oxygen atoms in total. The van der Waals surface area contributed by atoms with Gasteiger partial charge in [0.1, 0.15) is 0 Å². The second-order valence-corrected chi connectivity index (χ2v) is 4.20. The number of carbonyl (C=O) groups excluding carboxylic acids is 1. The first-order chi connectivity index (χ1) is 6.68. The Morgan fingerprint density at radius 1 is 1.43 bits per heavy atom. The van der Waals surface area contributed by atoms with E-state index in [1.807, 2.05) is 4.90 Å². The molecule has 2 fully saturated rings. The zero-order valence-electron chi connectivity index (χ0n) is 8.11. The van der Waals surface area contributed by atoms with Gasteiger partial charge in [-0.3, -0.25) is 9.59 Å². The smallest absolute Gasteiger partial charge is 0.304 e. The van der Waals surface area contributed by atoms with Gasteiger partial charge in [-0.05, 0) is 25.7 Å². The molecule has 2 aliphatic rings. The van der Waals surface area contributed by atoms with E-state index in [1.165, 1.54) is 6.42 Å². The average molecular weight is 197 g/mol. The van der Waals surface area contributed by atoms with E-state index >= 15 is 0 Å². The van der Waals surface area contributed by atoms with E-state index in [9.17, 15) is 9.59 Å². The van der Waals surface area contributed by atoms with Gasteiger partial charge < -0.3 is 10.0 Å². The van der Waals surface area contributed by atoms with Gasteiger partial charge in [0.15, 0.2) is 0 Å². The van der Waals surface area contributed by atoms with Crippen LogP contribution in [0, 0.1) is 5.92 Å². The van der Waals surface area contributed by atoms with Crippen molar-refractivity contribution in [1.82, 2.24) is 4.90 Å². The molecule has 1 N–H and O–H groups in total. The molecule has 1 saturated carbocycles. The Balaban J connectivity index is 1.92. The molecular formula is C10H15NO3. The summed E-state index contributed by atoms with van der Waals surface area (Å²) >= 11 is 0. The highest BCUT2D eigenvalue weighted by atomic mass is 16.4. The zero-order chi connectivity index (χ0) is 10.1. The molecule has 1 amide bonds. The lowest BCUT2D eigenvalue weighted by Gasteiger charge is -2.34. The molecule has 1 unspecified atom stereocenters. The van der Waals surface area contributed by atoms with E-state index in [0.717, 1.165) is 25.8 Å². The number of carboxylic acid groups (broad SMARTS) is 1. The molecule has 1 aliphatic heterocycles. The Bertz CT molecular complexity index is 260. The van der Waals surface area contributed by atoms with E-state index < -0.39 is 5.97 Å². The molecular weight excluding hydrogens is 182 g/mol. The summed E-state index contributed by atoms with van der Waals surface area (Å²) in [5.41, 5.74) is 0. The third-order valence-corrected chi connectivity index (χ3v) is 3.29. The molecule has 0 aromatic heterocycles. The first kappa shape index (κ1) is 9.49. The molecule has 0 spiro atoms. The summed E-state index contributed by atoms with van der Waals surface area (Å²) in [6.45, 7) is 0.765.